The Morgan fingerprint density at radius 3 is 2.50 bits per heavy atom. The zero-order valence-corrected chi connectivity index (χ0v) is 10.8. The van der Waals surface area contributed by atoms with Gasteiger partial charge in [-0.15, -0.1) is 0 Å². The predicted molar refractivity (Wildman–Crippen MR) is 66.1 cm³/mol. The Morgan fingerprint density at radius 2 is 2.06 bits per heavy atom. The van der Waals surface area contributed by atoms with Crippen molar-refractivity contribution in [2.45, 2.75) is 33.7 Å². The van der Waals surface area contributed by atoms with Gasteiger partial charge in [0.2, 0.25) is 5.91 Å². The number of carbonyl (C=O) groups is 1. The Bertz CT molecular complexity index is 244. The van der Waals surface area contributed by atoms with Gasteiger partial charge in [0.25, 0.3) is 0 Å². The van der Waals surface area contributed by atoms with Crippen molar-refractivity contribution in [2.75, 3.05) is 19.8 Å². The molecule has 0 heterocycles. The summed E-state index contributed by atoms with van der Waals surface area (Å²) in [4.78, 5) is 11.6. The number of nitrogens with two attached hydrogens (primary N) is 1. The normalized spacial score (nSPS) is 13.3. The van der Waals surface area contributed by atoms with E-state index in [4.69, 9.17) is 10.5 Å². The third-order valence-corrected chi connectivity index (χ3v) is 2.11. The van der Waals surface area contributed by atoms with Gasteiger partial charge in [-0.3, -0.25) is 4.79 Å². The molecule has 0 aliphatic carbocycles. The average molecular weight is 228 g/mol. The molecule has 0 fully saturated rings. The van der Waals surface area contributed by atoms with E-state index in [1.807, 2.05) is 27.7 Å². The summed E-state index contributed by atoms with van der Waals surface area (Å²) < 4.78 is 5.26. The first-order chi connectivity index (χ1) is 7.25. The Kier molecular flexibility index (Phi) is 6.29. The molecule has 0 unspecified atom stereocenters. The topological polar surface area (TPSA) is 64.3 Å². The van der Waals surface area contributed by atoms with Crippen LogP contribution in [0.25, 0.3) is 0 Å². The molecule has 3 N–H and O–H groups in total. The van der Waals surface area contributed by atoms with Crippen molar-refractivity contribution in [1.82, 2.24) is 5.32 Å². The molecule has 0 aromatic heterocycles. The van der Waals surface area contributed by atoms with Crippen LogP contribution in [-0.2, 0) is 9.53 Å². The highest BCUT2D eigenvalue weighted by Gasteiger charge is 2.26. The summed E-state index contributed by atoms with van der Waals surface area (Å²) in [5, 5.41) is 2.74. The molecule has 0 aromatic rings. The van der Waals surface area contributed by atoms with Gasteiger partial charge in [-0.25, -0.2) is 0 Å². The minimum absolute atomic E-state index is 0.133. The van der Waals surface area contributed by atoms with Crippen LogP contribution < -0.4 is 11.1 Å². The van der Waals surface area contributed by atoms with Crippen molar-refractivity contribution < 1.29 is 9.53 Å². The highest BCUT2D eigenvalue weighted by molar-refractivity contribution is 5.82. The lowest BCUT2D eigenvalue weighted by Gasteiger charge is -2.25. The van der Waals surface area contributed by atoms with E-state index < -0.39 is 6.04 Å². The minimum Gasteiger partial charge on any atom is -0.375 e. The van der Waals surface area contributed by atoms with E-state index >= 15 is 0 Å². The third-order valence-electron chi connectivity index (χ3n) is 2.11. The summed E-state index contributed by atoms with van der Waals surface area (Å²) in [5.41, 5.74) is 6.54. The summed E-state index contributed by atoms with van der Waals surface area (Å²) in [5.74, 6) is -0.133. The van der Waals surface area contributed by atoms with Gasteiger partial charge < -0.3 is 15.8 Å². The minimum atomic E-state index is -0.492. The lowest BCUT2D eigenvalue weighted by Crippen LogP contribution is -2.49. The van der Waals surface area contributed by atoms with E-state index in [2.05, 4.69) is 11.9 Å². The van der Waals surface area contributed by atoms with Crippen LogP contribution in [0.5, 0.6) is 0 Å². The van der Waals surface area contributed by atoms with E-state index in [1.54, 1.807) is 0 Å². The van der Waals surface area contributed by atoms with Crippen LogP contribution in [0.3, 0.4) is 0 Å². The second kappa shape index (κ2) is 6.66. The van der Waals surface area contributed by atoms with Gasteiger partial charge >= 0.3 is 0 Å². The van der Waals surface area contributed by atoms with Crippen molar-refractivity contribution in [2.24, 2.45) is 11.1 Å². The van der Waals surface area contributed by atoms with Crippen LogP contribution in [0.4, 0.5) is 0 Å². The summed E-state index contributed by atoms with van der Waals surface area (Å²) in [7, 11) is 0. The van der Waals surface area contributed by atoms with Crippen molar-refractivity contribution in [3.8, 4) is 0 Å². The summed E-state index contributed by atoms with van der Waals surface area (Å²) >= 11 is 0. The molecule has 0 aliphatic rings. The second-order valence-corrected chi connectivity index (χ2v) is 5.14. The lowest BCUT2D eigenvalue weighted by molar-refractivity contribution is -0.124. The van der Waals surface area contributed by atoms with Gasteiger partial charge in [0, 0.05) is 6.54 Å². The van der Waals surface area contributed by atoms with Crippen LogP contribution in [0.15, 0.2) is 12.2 Å². The molecule has 0 spiro atoms. The second-order valence-electron chi connectivity index (χ2n) is 5.14. The average Bonchev–Trinajstić information content (AvgIpc) is 2.13. The zero-order valence-electron chi connectivity index (χ0n) is 10.8. The molecule has 0 bridgehead atoms. The molecule has 16 heavy (non-hydrogen) atoms. The quantitative estimate of drug-likeness (QED) is 0.528. The van der Waals surface area contributed by atoms with Crippen LogP contribution in [-0.4, -0.2) is 31.7 Å². The fourth-order valence-corrected chi connectivity index (χ4v) is 0.996. The number of hydrogen-bond donors (Lipinski definition) is 2. The molecule has 4 nitrogen and oxygen atoms in total. The van der Waals surface area contributed by atoms with Crippen LogP contribution >= 0.6 is 0 Å². The van der Waals surface area contributed by atoms with Crippen molar-refractivity contribution in [3.63, 3.8) is 0 Å². The summed E-state index contributed by atoms with van der Waals surface area (Å²) in [6.45, 7) is 12.9. The SMILES string of the molecule is C=C(C)COCCNC(=O)[C@H](N)C(C)(C)C. The molecule has 1 amide bonds. The van der Waals surface area contributed by atoms with Gasteiger partial charge in [0.05, 0.1) is 19.3 Å². The number of ether oxygens (including phenoxy) is 1. The molecule has 0 aromatic carbocycles. The van der Waals surface area contributed by atoms with E-state index in [1.165, 1.54) is 0 Å². The Hall–Kier alpha value is -0.870. The van der Waals surface area contributed by atoms with Gasteiger partial charge in [0.1, 0.15) is 0 Å². The fourth-order valence-electron chi connectivity index (χ4n) is 0.996. The monoisotopic (exact) mass is 228 g/mol. The smallest absolute Gasteiger partial charge is 0.237 e. The molecule has 0 aliphatic heterocycles. The number of rotatable bonds is 6. The van der Waals surface area contributed by atoms with Crippen LogP contribution in [0, 0.1) is 5.41 Å². The number of carbonyl (C=O) groups excluding carboxylic acids is 1. The lowest BCUT2D eigenvalue weighted by atomic mass is 9.87. The molecule has 94 valence electrons. The Morgan fingerprint density at radius 1 is 1.50 bits per heavy atom. The number of hydrogen-bond acceptors (Lipinski definition) is 3. The summed E-state index contributed by atoms with van der Waals surface area (Å²) in [6, 6.07) is -0.492. The van der Waals surface area contributed by atoms with Crippen LogP contribution in [0.1, 0.15) is 27.7 Å². The van der Waals surface area contributed by atoms with E-state index in [0.717, 1.165) is 5.57 Å². The van der Waals surface area contributed by atoms with Gasteiger partial charge in [-0.05, 0) is 12.3 Å². The Labute approximate surface area is 98.2 Å². The molecule has 0 radical (unpaired) electrons. The van der Waals surface area contributed by atoms with Crippen LogP contribution in [0.2, 0.25) is 0 Å². The zero-order chi connectivity index (χ0) is 12.8. The van der Waals surface area contributed by atoms with Crippen molar-refractivity contribution in [1.29, 1.82) is 0 Å². The molecular formula is C12H24N2O2. The Balaban J connectivity index is 3.70. The molecule has 0 saturated carbocycles. The highest BCUT2D eigenvalue weighted by Crippen LogP contribution is 2.16. The van der Waals surface area contributed by atoms with E-state index in [9.17, 15) is 4.79 Å². The number of amides is 1. The third kappa shape index (κ3) is 6.58. The van der Waals surface area contributed by atoms with Crippen molar-refractivity contribution in [3.05, 3.63) is 12.2 Å². The standard InChI is InChI=1S/C12H24N2O2/c1-9(2)8-16-7-6-14-11(15)10(13)12(3,4)5/h10H,1,6-8,13H2,2-5H3,(H,14,15)/t10-/m0/s1. The number of nitrogens with one attached hydrogen (secondary N) is 1. The molecule has 4 heteroatoms. The largest absolute Gasteiger partial charge is 0.375 e. The maximum atomic E-state index is 11.6. The first-order valence-corrected chi connectivity index (χ1v) is 5.50. The maximum Gasteiger partial charge on any atom is 0.237 e. The van der Waals surface area contributed by atoms with E-state index in [0.29, 0.717) is 19.8 Å². The maximum absolute atomic E-state index is 11.6. The van der Waals surface area contributed by atoms with Crippen molar-refractivity contribution >= 4 is 5.91 Å². The predicted octanol–water partition coefficient (Wildman–Crippen LogP) is 1.07. The first kappa shape index (κ1) is 15.1. The van der Waals surface area contributed by atoms with Gasteiger partial charge in [-0.2, -0.15) is 0 Å². The molecule has 1 atom stereocenters. The molecular weight excluding hydrogens is 204 g/mol. The first-order valence-electron chi connectivity index (χ1n) is 5.50. The molecule has 0 rings (SSSR count). The van der Waals surface area contributed by atoms with Gasteiger partial charge in [-0.1, -0.05) is 32.9 Å². The fraction of sp³-hybridized carbons (Fsp3) is 0.750. The summed E-state index contributed by atoms with van der Waals surface area (Å²) in [6.07, 6.45) is 0. The van der Waals surface area contributed by atoms with Gasteiger partial charge in [0.15, 0.2) is 0 Å². The van der Waals surface area contributed by atoms with E-state index in [-0.39, 0.29) is 11.3 Å². The highest BCUT2D eigenvalue weighted by atomic mass is 16.5. The molecule has 0 saturated heterocycles.